The molecule has 0 N–H and O–H groups in total. The number of hydrogen-bond donors (Lipinski definition) is 0. The van der Waals surface area contributed by atoms with Crippen molar-refractivity contribution in [2.75, 3.05) is 0 Å². The lowest BCUT2D eigenvalue weighted by atomic mass is 9.42. The first-order chi connectivity index (χ1) is 12.9. The largest absolute Gasteiger partial charge is 0.298 e. The van der Waals surface area contributed by atoms with Gasteiger partial charge in [-0.1, -0.05) is 88.4 Å². The highest BCUT2D eigenvalue weighted by atomic mass is 35.5. The van der Waals surface area contributed by atoms with Crippen LogP contribution in [0.4, 0.5) is 0 Å². The highest BCUT2D eigenvalue weighted by Gasteiger charge is 2.78. The SMILES string of the molecule is CCCCCC1CC[C@]2(CC1)C(=O)[C@@]1(CCC(CCCCC)CC1)C2(Cl)Cl. The lowest BCUT2D eigenvalue weighted by molar-refractivity contribution is -0.172. The summed E-state index contributed by atoms with van der Waals surface area (Å²) in [6.07, 6.45) is 18.8. The second-order valence-corrected chi connectivity index (χ2v) is 11.3. The Morgan fingerprint density at radius 2 is 1.11 bits per heavy atom. The molecule has 3 aliphatic rings. The van der Waals surface area contributed by atoms with Crippen molar-refractivity contribution in [3.05, 3.63) is 0 Å². The average Bonchev–Trinajstić information content (AvgIpc) is 2.68. The monoisotopic (exact) mass is 414 g/mol. The number of hydrogen-bond acceptors (Lipinski definition) is 1. The average molecular weight is 415 g/mol. The van der Waals surface area contributed by atoms with Gasteiger partial charge in [-0.2, -0.15) is 0 Å². The van der Waals surface area contributed by atoms with Crippen LogP contribution in [0.5, 0.6) is 0 Å². The molecule has 0 unspecified atom stereocenters. The van der Waals surface area contributed by atoms with Gasteiger partial charge in [0.15, 0.2) is 5.78 Å². The number of carbonyl (C=O) groups excluding carboxylic acids is 1. The van der Waals surface area contributed by atoms with Gasteiger partial charge in [0.25, 0.3) is 0 Å². The highest BCUT2D eigenvalue weighted by Crippen LogP contribution is 2.74. The fourth-order valence-corrected chi connectivity index (χ4v) is 7.60. The Balaban J connectivity index is 1.56. The molecule has 0 aromatic rings. The zero-order valence-corrected chi connectivity index (χ0v) is 19.1. The third-order valence-electron chi connectivity index (χ3n) is 8.42. The van der Waals surface area contributed by atoms with Gasteiger partial charge in [-0.05, 0) is 63.2 Å². The van der Waals surface area contributed by atoms with E-state index in [0.29, 0.717) is 5.78 Å². The summed E-state index contributed by atoms with van der Waals surface area (Å²) in [7, 11) is 0. The molecule has 0 radical (unpaired) electrons. The van der Waals surface area contributed by atoms with Gasteiger partial charge < -0.3 is 0 Å². The summed E-state index contributed by atoms with van der Waals surface area (Å²) in [5.41, 5.74) is -0.848. The number of Topliss-reactive ketones (excluding diaryl/α,β-unsaturated/α-hetero) is 1. The molecule has 2 spiro atoms. The van der Waals surface area contributed by atoms with Crippen molar-refractivity contribution in [1.29, 1.82) is 0 Å². The predicted molar refractivity (Wildman–Crippen MR) is 117 cm³/mol. The number of rotatable bonds is 8. The van der Waals surface area contributed by atoms with Gasteiger partial charge in [0.05, 0.1) is 10.8 Å². The van der Waals surface area contributed by atoms with Crippen LogP contribution in [0.3, 0.4) is 0 Å². The number of alkyl halides is 2. The molecule has 0 heterocycles. The minimum absolute atomic E-state index is 0.424. The van der Waals surface area contributed by atoms with Crippen LogP contribution in [-0.2, 0) is 4.79 Å². The fourth-order valence-electron chi connectivity index (χ4n) is 6.50. The Hall–Kier alpha value is 0.250. The van der Waals surface area contributed by atoms with Crippen LogP contribution in [0.15, 0.2) is 0 Å². The number of carbonyl (C=O) groups is 1. The van der Waals surface area contributed by atoms with Gasteiger partial charge in [0.2, 0.25) is 0 Å². The van der Waals surface area contributed by atoms with E-state index < -0.39 is 15.2 Å². The first kappa shape index (κ1) is 21.9. The van der Waals surface area contributed by atoms with E-state index in [9.17, 15) is 4.79 Å². The molecule has 0 aromatic carbocycles. The molecule has 0 aromatic heterocycles. The smallest absolute Gasteiger partial charge is 0.151 e. The molecule has 3 aliphatic carbocycles. The van der Waals surface area contributed by atoms with Crippen LogP contribution >= 0.6 is 23.2 Å². The van der Waals surface area contributed by atoms with E-state index in [0.717, 1.165) is 63.2 Å². The highest BCUT2D eigenvalue weighted by molar-refractivity contribution is 6.55. The third-order valence-corrected chi connectivity index (χ3v) is 9.87. The number of unbranched alkanes of at least 4 members (excludes halogenated alkanes) is 4. The van der Waals surface area contributed by atoms with Gasteiger partial charge in [0, 0.05) is 0 Å². The zero-order valence-electron chi connectivity index (χ0n) is 17.6. The summed E-state index contributed by atoms with van der Waals surface area (Å²) < 4.78 is -0.820. The van der Waals surface area contributed by atoms with Crippen LogP contribution in [0.2, 0.25) is 0 Å². The van der Waals surface area contributed by atoms with Crippen molar-refractivity contribution in [2.45, 2.75) is 121 Å². The summed E-state index contributed by atoms with van der Waals surface area (Å²) in [4.78, 5) is 13.5. The Morgan fingerprint density at radius 1 is 0.741 bits per heavy atom. The third kappa shape index (κ3) is 3.74. The summed E-state index contributed by atoms with van der Waals surface area (Å²) in [6, 6.07) is 0. The van der Waals surface area contributed by atoms with Crippen molar-refractivity contribution in [3.8, 4) is 0 Å². The molecule has 0 saturated heterocycles. The Kier molecular flexibility index (Phi) is 7.27. The lowest BCUT2D eigenvalue weighted by Crippen LogP contribution is -2.74. The molecule has 1 nitrogen and oxygen atoms in total. The van der Waals surface area contributed by atoms with Crippen LogP contribution < -0.4 is 0 Å². The standard InChI is InChI=1S/C24H40Cl2O/c1-3-5-7-9-19-11-15-22(16-12-19)21(27)23(24(22,25)26)17-13-20(14-18-23)10-8-6-4-2/h19-20H,3-18H2,1-2H3/t19?,20?,22-,23-. The summed E-state index contributed by atoms with van der Waals surface area (Å²) in [5.74, 6) is 2.01. The van der Waals surface area contributed by atoms with E-state index in [1.165, 1.54) is 51.4 Å². The van der Waals surface area contributed by atoms with Gasteiger partial charge in [-0.25, -0.2) is 0 Å². The molecule has 0 bridgehead atoms. The molecule has 3 fully saturated rings. The molecule has 0 amide bonds. The van der Waals surface area contributed by atoms with E-state index in [4.69, 9.17) is 23.2 Å². The van der Waals surface area contributed by atoms with Crippen LogP contribution in [0.25, 0.3) is 0 Å². The molecule has 3 rings (SSSR count). The molecular formula is C24H40Cl2O. The van der Waals surface area contributed by atoms with Crippen molar-refractivity contribution in [1.82, 2.24) is 0 Å². The molecular weight excluding hydrogens is 375 g/mol. The Labute approximate surface area is 177 Å². The lowest BCUT2D eigenvalue weighted by Gasteiger charge is -2.67. The van der Waals surface area contributed by atoms with Gasteiger partial charge in [0.1, 0.15) is 4.33 Å². The van der Waals surface area contributed by atoms with E-state index >= 15 is 0 Å². The molecule has 3 saturated carbocycles. The van der Waals surface area contributed by atoms with E-state index in [2.05, 4.69) is 13.8 Å². The Bertz CT molecular complexity index is 455. The van der Waals surface area contributed by atoms with Crippen LogP contribution in [0, 0.1) is 22.7 Å². The van der Waals surface area contributed by atoms with Crippen molar-refractivity contribution in [3.63, 3.8) is 0 Å². The quantitative estimate of drug-likeness (QED) is 0.288. The summed E-state index contributed by atoms with van der Waals surface area (Å²) in [5, 5.41) is 0. The minimum atomic E-state index is -0.820. The van der Waals surface area contributed by atoms with E-state index in [1.807, 2.05) is 0 Å². The first-order valence-corrected chi connectivity index (χ1v) is 12.6. The fraction of sp³-hybridized carbons (Fsp3) is 0.958. The second-order valence-electron chi connectivity index (χ2n) is 9.95. The minimum Gasteiger partial charge on any atom is -0.298 e. The molecule has 0 aliphatic heterocycles. The molecule has 0 atom stereocenters. The summed E-state index contributed by atoms with van der Waals surface area (Å²) >= 11 is 14.1. The van der Waals surface area contributed by atoms with E-state index in [-0.39, 0.29) is 0 Å². The van der Waals surface area contributed by atoms with Crippen LogP contribution in [-0.4, -0.2) is 10.1 Å². The van der Waals surface area contributed by atoms with Gasteiger partial charge >= 0.3 is 0 Å². The molecule has 156 valence electrons. The molecule has 3 heteroatoms. The first-order valence-electron chi connectivity index (χ1n) is 11.9. The van der Waals surface area contributed by atoms with Gasteiger partial charge in [-0.3, -0.25) is 4.79 Å². The Morgan fingerprint density at radius 3 is 1.41 bits per heavy atom. The number of halogens is 2. The zero-order chi connectivity index (χ0) is 19.5. The van der Waals surface area contributed by atoms with E-state index in [1.54, 1.807) is 0 Å². The van der Waals surface area contributed by atoms with Gasteiger partial charge in [-0.15, -0.1) is 0 Å². The van der Waals surface area contributed by atoms with Crippen LogP contribution in [0.1, 0.15) is 117 Å². The predicted octanol–water partition coefficient (Wildman–Crippen LogP) is 8.26. The maximum absolute atomic E-state index is 13.5. The topological polar surface area (TPSA) is 17.1 Å². The molecule has 27 heavy (non-hydrogen) atoms. The maximum Gasteiger partial charge on any atom is 0.151 e. The normalized spacial score (nSPS) is 38.3. The van der Waals surface area contributed by atoms with Crippen molar-refractivity contribution in [2.24, 2.45) is 22.7 Å². The van der Waals surface area contributed by atoms with Crippen molar-refractivity contribution < 1.29 is 4.79 Å². The van der Waals surface area contributed by atoms with Crippen molar-refractivity contribution >= 4 is 29.0 Å². The second kappa shape index (κ2) is 8.95. The maximum atomic E-state index is 13.5. The number of ketones is 1. The summed E-state index contributed by atoms with van der Waals surface area (Å²) in [6.45, 7) is 4.52.